The SMILES string of the molecule is CCc1c(N(Cc2ccc(F)c(C(F)(F)F)c2)S(=O)(=O)c2ccccc2)sc2ccccc12. The summed E-state index contributed by atoms with van der Waals surface area (Å²) in [6, 6.07) is 17.7. The number of hydrogen-bond acceptors (Lipinski definition) is 3. The quantitative estimate of drug-likeness (QED) is 0.271. The largest absolute Gasteiger partial charge is 0.419 e. The lowest BCUT2D eigenvalue weighted by molar-refractivity contribution is -0.140. The Morgan fingerprint density at radius 2 is 1.61 bits per heavy atom. The molecule has 9 heteroatoms. The number of fused-ring (bicyclic) bond motifs is 1. The van der Waals surface area contributed by atoms with Crippen LogP contribution in [0.25, 0.3) is 10.1 Å². The predicted molar refractivity (Wildman–Crippen MR) is 122 cm³/mol. The molecule has 0 saturated heterocycles. The van der Waals surface area contributed by atoms with Gasteiger partial charge in [-0.05, 0) is 53.3 Å². The Balaban J connectivity index is 1.91. The number of benzene rings is 3. The zero-order valence-electron chi connectivity index (χ0n) is 17.4. The Bertz CT molecular complexity index is 1400. The molecule has 0 saturated carbocycles. The average molecular weight is 494 g/mol. The molecule has 33 heavy (non-hydrogen) atoms. The minimum atomic E-state index is -4.89. The highest BCUT2D eigenvalue weighted by Gasteiger charge is 2.35. The minimum Gasteiger partial charge on any atom is -0.252 e. The van der Waals surface area contributed by atoms with E-state index in [1.165, 1.54) is 29.5 Å². The second-order valence-corrected chi connectivity index (χ2v) is 10.3. The maximum absolute atomic E-state index is 13.8. The predicted octanol–water partition coefficient (Wildman–Crippen LogP) is 7.02. The number of anilines is 1. The molecule has 0 unspecified atom stereocenters. The summed E-state index contributed by atoms with van der Waals surface area (Å²) in [6.07, 6.45) is -4.37. The summed E-state index contributed by atoms with van der Waals surface area (Å²) in [6.45, 7) is 1.52. The molecule has 0 spiro atoms. The van der Waals surface area contributed by atoms with Gasteiger partial charge in [0.15, 0.2) is 0 Å². The molecule has 4 rings (SSSR count). The van der Waals surface area contributed by atoms with E-state index in [1.807, 2.05) is 31.2 Å². The van der Waals surface area contributed by atoms with Crippen LogP contribution in [0.2, 0.25) is 0 Å². The maximum atomic E-state index is 13.8. The van der Waals surface area contributed by atoms with Crippen molar-refractivity contribution in [3.63, 3.8) is 0 Å². The van der Waals surface area contributed by atoms with Crippen LogP contribution in [0, 0.1) is 5.82 Å². The van der Waals surface area contributed by atoms with Crippen LogP contribution in [0.3, 0.4) is 0 Å². The Labute approximate surface area is 193 Å². The average Bonchev–Trinajstić information content (AvgIpc) is 3.16. The van der Waals surface area contributed by atoms with Gasteiger partial charge < -0.3 is 0 Å². The van der Waals surface area contributed by atoms with Gasteiger partial charge in [-0.15, -0.1) is 11.3 Å². The molecule has 0 aliphatic rings. The summed E-state index contributed by atoms with van der Waals surface area (Å²) in [5.41, 5.74) is -0.611. The minimum absolute atomic E-state index is 0.0164. The number of aryl methyl sites for hydroxylation is 1. The number of rotatable bonds is 6. The number of nitrogens with zero attached hydrogens (tertiary/aromatic N) is 1. The molecule has 172 valence electrons. The van der Waals surface area contributed by atoms with Gasteiger partial charge in [-0.2, -0.15) is 13.2 Å². The third-order valence-electron chi connectivity index (χ3n) is 5.25. The number of thiophene rings is 1. The molecular weight excluding hydrogens is 474 g/mol. The van der Waals surface area contributed by atoms with Crippen LogP contribution >= 0.6 is 11.3 Å². The van der Waals surface area contributed by atoms with E-state index in [0.29, 0.717) is 17.5 Å². The Morgan fingerprint density at radius 3 is 2.27 bits per heavy atom. The zero-order chi connectivity index (χ0) is 23.8. The van der Waals surface area contributed by atoms with E-state index < -0.39 is 27.6 Å². The van der Waals surface area contributed by atoms with E-state index in [1.54, 1.807) is 18.2 Å². The third kappa shape index (κ3) is 4.47. The standard InChI is InChI=1S/C24H19F4NO2S2/c1-2-18-19-10-6-7-11-22(19)32-23(18)29(33(30,31)17-8-4-3-5-9-17)15-16-12-13-21(25)20(14-16)24(26,27)28/h3-14H,2,15H2,1H3. The van der Waals surface area contributed by atoms with Crippen LogP contribution in [-0.2, 0) is 29.2 Å². The number of halogens is 4. The fraction of sp³-hybridized carbons (Fsp3) is 0.167. The van der Waals surface area contributed by atoms with Gasteiger partial charge in [-0.3, -0.25) is 4.31 Å². The molecule has 0 atom stereocenters. The van der Waals surface area contributed by atoms with Crippen molar-refractivity contribution in [1.29, 1.82) is 0 Å². The van der Waals surface area contributed by atoms with Crippen LogP contribution in [0.5, 0.6) is 0 Å². The molecule has 1 aromatic heterocycles. The van der Waals surface area contributed by atoms with Gasteiger partial charge in [0.1, 0.15) is 10.8 Å². The van der Waals surface area contributed by atoms with Gasteiger partial charge in [-0.25, -0.2) is 12.8 Å². The fourth-order valence-corrected chi connectivity index (χ4v) is 6.68. The van der Waals surface area contributed by atoms with Gasteiger partial charge in [0.2, 0.25) is 0 Å². The highest BCUT2D eigenvalue weighted by molar-refractivity contribution is 7.93. The lowest BCUT2D eigenvalue weighted by Gasteiger charge is -2.25. The van der Waals surface area contributed by atoms with Crippen molar-refractivity contribution in [2.75, 3.05) is 4.31 Å². The van der Waals surface area contributed by atoms with Crippen molar-refractivity contribution < 1.29 is 26.0 Å². The summed E-state index contributed by atoms with van der Waals surface area (Å²) in [4.78, 5) is 0.0164. The fourth-order valence-electron chi connectivity index (χ4n) is 3.67. The van der Waals surface area contributed by atoms with E-state index in [2.05, 4.69) is 0 Å². The number of sulfonamides is 1. The summed E-state index contributed by atoms with van der Waals surface area (Å²) >= 11 is 1.26. The summed E-state index contributed by atoms with van der Waals surface area (Å²) in [7, 11) is -4.12. The lowest BCUT2D eigenvalue weighted by atomic mass is 10.1. The van der Waals surface area contributed by atoms with Crippen molar-refractivity contribution in [2.45, 2.75) is 31.0 Å². The van der Waals surface area contributed by atoms with Gasteiger partial charge >= 0.3 is 6.18 Å². The molecule has 0 amide bonds. The third-order valence-corrected chi connectivity index (χ3v) is 8.36. The van der Waals surface area contributed by atoms with Crippen molar-refractivity contribution in [1.82, 2.24) is 0 Å². The topological polar surface area (TPSA) is 37.4 Å². The molecule has 3 aromatic carbocycles. The normalized spacial score (nSPS) is 12.3. The highest BCUT2D eigenvalue weighted by Crippen LogP contribution is 2.42. The Hall–Kier alpha value is -2.91. The molecule has 0 radical (unpaired) electrons. The van der Waals surface area contributed by atoms with Crippen LogP contribution in [0.1, 0.15) is 23.6 Å². The van der Waals surface area contributed by atoms with Crippen molar-refractivity contribution in [3.8, 4) is 0 Å². The van der Waals surface area contributed by atoms with Crippen molar-refractivity contribution in [3.05, 3.63) is 95.3 Å². The first kappa shape index (κ1) is 23.3. The molecular formula is C24H19F4NO2S2. The van der Waals surface area contributed by atoms with Gasteiger partial charge in [0.05, 0.1) is 17.0 Å². The van der Waals surface area contributed by atoms with E-state index in [-0.39, 0.29) is 17.0 Å². The maximum Gasteiger partial charge on any atom is 0.419 e. The first-order valence-electron chi connectivity index (χ1n) is 10.1. The second-order valence-electron chi connectivity index (χ2n) is 7.37. The number of alkyl halides is 3. The van der Waals surface area contributed by atoms with E-state index in [9.17, 15) is 26.0 Å². The first-order chi connectivity index (χ1) is 15.6. The van der Waals surface area contributed by atoms with E-state index in [0.717, 1.165) is 26.0 Å². The molecule has 0 N–H and O–H groups in total. The molecule has 0 aliphatic carbocycles. The zero-order valence-corrected chi connectivity index (χ0v) is 19.1. The van der Waals surface area contributed by atoms with E-state index in [4.69, 9.17) is 0 Å². The Morgan fingerprint density at radius 1 is 0.939 bits per heavy atom. The highest BCUT2D eigenvalue weighted by atomic mass is 32.2. The molecule has 0 fully saturated rings. The van der Waals surface area contributed by atoms with E-state index >= 15 is 0 Å². The summed E-state index contributed by atoms with van der Waals surface area (Å²) in [5, 5.41) is 1.32. The molecule has 0 aliphatic heterocycles. The Kier molecular flexibility index (Phi) is 6.20. The van der Waals surface area contributed by atoms with Crippen LogP contribution in [0.4, 0.5) is 22.6 Å². The summed E-state index contributed by atoms with van der Waals surface area (Å²) in [5.74, 6) is -1.40. The van der Waals surface area contributed by atoms with Gasteiger partial charge in [0, 0.05) is 4.70 Å². The molecule has 0 bridgehead atoms. The second kappa shape index (κ2) is 8.79. The van der Waals surface area contributed by atoms with Gasteiger partial charge in [-0.1, -0.05) is 49.4 Å². The smallest absolute Gasteiger partial charge is 0.252 e. The molecule has 1 heterocycles. The van der Waals surface area contributed by atoms with Crippen molar-refractivity contribution >= 4 is 36.4 Å². The van der Waals surface area contributed by atoms with Crippen LogP contribution in [0.15, 0.2) is 77.7 Å². The lowest BCUT2D eigenvalue weighted by Crippen LogP contribution is -2.30. The monoisotopic (exact) mass is 493 g/mol. The van der Waals surface area contributed by atoms with Gasteiger partial charge in [0.25, 0.3) is 10.0 Å². The van der Waals surface area contributed by atoms with Crippen molar-refractivity contribution in [2.24, 2.45) is 0 Å². The molecule has 4 aromatic rings. The summed E-state index contributed by atoms with van der Waals surface area (Å²) < 4.78 is 83.0. The van der Waals surface area contributed by atoms with Crippen LogP contribution in [-0.4, -0.2) is 8.42 Å². The molecule has 3 nitrogen and oxygen atoms in total. The number of hydrogen-bond donors (Lipinski definition) is 0. The van der Waals surface area contributed by atoms with Crippen LogP contribution < -0.4 is 4.31 Å². The first-order valence-corrected chi connectivity index (χ1v) is 12.3.